The van der Waals surface area contributed by atoms with Crippen LogP contribution >= 0.6 is 0 Å². The van der Waals surface area contributed by atoms with Crippen molar-refractivity contribution in [3.05, 3.63) is 30.0 Å². The lowest BCUT2D eigenvalue weighted by molar-refractivity contribution is 0.591. The molecule has 1 aromatic heterocycles. The summed E-state index contributed by atoms with van der Waals surface area (Å²) >= 11 is 0. The van der Waals surface area contributed by atoms with Gasteiger partial charge in [-0.25, -0.2) is 4.98 Å². The minimum absolute atomic E-state index is 0.136. The zero-order valence-electron chi connectivity index (χ0n) is 9.28. The fourth-order valence-corrected chi connectivity index (χ4v) is 1.49. The predicted molar refractivity (Wildman–Crippen MR) is 62.7 cm³/mol. The van der Waals surface area contributed by atoms with Gasteiger partial charge in [0, 0.05) is 0 Å². The molecule has 0 atom stereocenters. The van der Waals surface area contributed by atoms with E-state index in [0.29, 0.717) is 5.82 Å². The largest absolute Gasteiger partial charge is 0.382 e. The van der Waals surface area contributed by atoms with Crippen LogP contribution in [0.5, 0.6) is 0 Å². The lowest BCUT2D eigenvalue weighted by atomic mass is 9.87. The molecule has 0 spiro atoms. The van der Waals surface area contributed by atoms with Crippen LogP contribution in [0.15, 0.2) is 24.4 Å². The van der Waals surface area contributed by atoms with Crippen molar-refractivity contribution < 1.29 is 0 Å². The molecule has 0 aliphatic heterocycles. The van der Waals surface area contributed by atoms with E-state index in [-0.39, 0.29) is 5.41 Å². The number of rotatable bonds is 0. The van der Waals surface area contributed by atoms with E-state index in [2.05, 4.69) is 42.9 Å². The van der Waals surface area contributed by atoms with Gasteiger partial charge in [0.1, 0.15) is 5.82 Å². The summed E-state index contributed by atoms with van der Waals surface area (Å²) in [5.74, 6) is 0.464. The predicted octanol–water partition coefficient (Wildman–Crippen LogP) is 2.51. The molecule has 0 unspecified atom stereocenters. The number of nitrogen functional groups attached to an aromatic ring is 1. The van der Waals surface area contributed by atoms with E-state index < -0.39 is 0 Å². The number of benzene rings is 1. The standard InChI is InChI=1S/C12H15N3/c1-12(2,3)8-4-5-9-10(6-8)14-7-11(13)15-9/h4-7H,1-3H3,(H2,13,15). The Labute approximate surface area is 89.4 Å². The Morgan fingerprint density at radius 3 is 2.53 bits per heavy atom. The highest BCUT2D eigenvalue weighted by molar-refractivity contribution is 5.76. The van der Waals surface area contributed by atoms with Gasteiger partial charge in [0.05, 0.1) is 17.2 Å². The summed E-state index contributed by atoms with van der Waals surface area (Å²) in [7, 11) is 0. The van der Waals surface area contributed by atoms with Crippen molar-refractivity contribution in [3.63, 3.8) is 0 Å². The van der Waals surface area contributed by atoms with Gasteiger partial charge in [-0.15, -0.1) is 0 Å². The second kappa shape index (κ2) is 3.19. The normalized spacial score (nSPS) is 11.9. The molecule has 2 N–H and O–H groups in total. The third-order valence-corrected chi connectivity index (χ3v) is 2.43. The Kier molecular flexibility index (Phi) is 2.11. The summed E-state index contributed by atoms with van der Waals surface area (Å²) in [4.78, 5) is 8.48. The minimum Gasteiger partial charge on any atom is -0.382 e. The molecular formula is C12H15N3. The van der Waals surface area contributed by atoms with Crippen molar-refractivity contribution in [2.24, 2.45) is 0 Å². The molecule has 0 saturated carbocycles. The molecule has 1 heterocycles. The van der Waals surface area contributed by atoms with E-state index in [1.54, 1.807) is 6.20 Å². The van der Waals surface area contributed by atoms with Crippen LogP contribution in [-0.4, -0.2) is 9.97 Å². The SMILES string of the molecule is CC(C)(C)c1ccc2nc(N)cnc2c1. The van der Waals surface area contributed by atoms with Gasteiger partial charge < -0.3 is 5.73 Å². The molecule has 78 valence electrons. The molecule has 2 aromatic rings. The molecule has 0 aliphatic carbocycles. The fourth-order valence-electron chi connectivity index (χ4n) is 1.49. The Hall–Kier alpha value is -1.64. The van der Waals surface area contributed by atoms with Gasteiger partial charge in [-0.1, -0.05) is 26.8 Å². The van der Waals surface area contributed by atoms with Gasteiger partial charge in [0.15, 0.2) is 0 Å². The van der Waals surface area contributed by atoms with E-state index >= 15 is 0 Å². The minimum atomic E-state index is 0.136. The first-order chi connectivity index (χ1) is 6.97. The third kappa shape index (κ3) is 1.91. The van der Waals surface area contributed by atoms with Crippen LogP contribution in [-0.2, 0) is 5.41 Å². The Balaban J connectivity index is 2.62. The molecule has 2 rings (SSSR count). The Morgan fingerprint density at radius 2 is 1.87 bits per heavy atom. The first kappa shape index (κ1) is 9.90. The first-order valence-corrected chi connectivity index (χ1v) is 4.99. The van der Waals surface area contributed by atoms with Crippen LogP contribution in [0.4, 0.5) is 5.82 Å². The summed E-state index contributed by atoms with van der Waals surface area (Å²) in [6.07, 6.45) is 1.59. The molecule has 0 amide bonds. The molecule has 3 heteroatoms. The maximum absolute atomic E-state index is 5.57. The molecule has 0 fully saturated rings. The van der Waals surface area contributed by atoms with Gasteiger partial charge in [-0.2, -0.15) is 0 Å². The lowest BCUT2D eigenvalue weighted by Gasteiger charge is -2.18. The van der Waals surface area contributed by atoms with Crippen molar-refractivity contribution in [1.29, 1.82) is 0 Å². The van der Waals surface area contributed by atoms with E-state index in [9.17, 15) is 0 Å². The van der Waals surface area contributed by atoms with Crippen molar-refractivity contribution in [2.75, 3.05) is 5.73 Å². The van der Waals surface area contributed by atoms with Crippen molar-refractivity contribution in [1.82, 2.24) is 9.97 Å². The van der Waals surface area contributed by atoms with Crippen LogP contribution in [0.25, 0.3) is 11.0 Å². The number of anilines is 1. The maximum Gasteiger partial charge on any atom is 0.142 e. The van der Waals surface area contributed by atoms with Gasteiger partial charge >= 0.3 is 0 Å². The summed E-state index contributed by atoms with van der Waals surface area (Å²) in [6, 6.07) is 6.12. The van der Waals surface area contributed by atoms with E-state index in [0.717, 1.165) is 11.0 Å². The highest BCUT2D eigenvalue weighted by Crippen LogP contribution is 2.24. The summed E-state index contributed by atoms with van der Waals surface area (Å²) in [5.41, 5.74) is 8.72. The molecule has 15 heavy (non-hydrogen) atoms. The van der Waals surface area contributed by atoms with Gasteiger partial charge in [0.25, 0.3) is 0 Å². The molecule has 0 radical (unpaired) electrons. The Bertz CT molecular complexity index is 498. The zero-order valence-corrected chi connectivity index (χ0v) is 9.28. The topological polar surface area (TPSA) is 51.8 Å². The van der Waals surface area contributed by atoms with Crippen molar-refractivity contribution in [3.8, 4) is 0 Å². The first-order valence-electron chi connectivity index (χ1n) is 4.99. The van der Waals surface area contributed by atoms with E-state index in [1.807, 2.05) is 6.07 Å². The smallest absolute Gasteiger partial charge is 0.142 e. The highest BCUT2D eigenvalue weighted by Gasteiger charge is 2.14. The number of nitrogens with zero attached hydrogens (tertiary/aromatic N) is 2. The molecule has 0 bridgehead atoms. The Morgan fingerprint density at radius 1 is 1.13 bits per heavy atom. The van der Waals surface area contributed by atoms with E-state index in [4.69, 9.17) is 5.73 Å². The van der Waals surface area contributed by atoms with Crippen LogP contribution in [0.2, 0.25) is 0 Å². The van der Waals surface area contributed by atoms with E-state index in [1.165, 1.54) is 5.56 Å². The average Bonchev–Trinajstić information content (AvgIpc) is 2.15. The number of nitrogens with two attached hydrogens (primary N) is 1. The van der Waals surface area contributed by atoms with Crippen LogP contribution in [0, 0.1) is 0 Å². The molecule has 3 nitrogen and oxygen atoms in total. The van der Waals surface area contributed by atoms with Gasteiger partial charge in [-0.05, 0) is 23.1 Å². The maximum atomic E-state index is 5.57. The summed E-state index contributed by atoms with van der Waals surface area (Å²) in [6.45, 7) is 6.54. The van der Waals surface area contributed by atoms with Crippen LogP contribution in [0.3, 0.4) is 0 Å². The number of hydrogen-bond donors (Lipinski definition) is 1. The molecule has 1 aromatic carbocycles. The summed E-state index contributed by atoms with van der Waals surface area (Å²) < 4.78 is 0. The monoisotopic (exact) mass is 201 g/mol. The lowest BCUT2D eigenvalue weighted by Crippen LogP contribution is -2.10. The third-order valence-electron chi connectivity index (χ3n) is 2.43. The highest BCUT2D eigenvalue weighted by atomic mass is 14.9. The van der Waals surface area contributed by atoms with Crippen molar-refractivity contribution in [2.45, 2.75) is 26.2 Å². The second-order valence-corrected chi connectivity index (χ2v) is 4.75. The average molecular weight is 201 g/mol. The molecule has 0 aliphatic rings. The van der Waals surface area contributed by atoms with Crippen molar-refractivity contribution >= 4 is 16.9 Å². The zero-order chi connectivity index (χ0) is 11.1. The van der Waals surface area contributed by atoms with Crippen LogP contribution in [0.1, 0.15) is 26.3 Å². The quantitative estimate of drug-likeness (QED) is 0.712. The number of fused-ring (bicyclic) bond motifs is 1. The number of hydrogen-bond acceptors (Lipinski definition) is 3. The van der Waals surface area contributed by atoms with Crippen LogP contribution < -0.4 is 5.73 Å². The molecular weight excluding hydrogens is 186 g/mol. The number of aromatic nitrogens is 2. The fraction of sp³-hybridized carbons (Fsp3) is 0.333. The molecule has 0 saturated heterocycles. The van der Waals surface area contributed by atoms with Gasteiger partial charge in [0.2, 0.25) is 0 Å². The van der Waals surface area contributed by atoms with Gasteiger partial charge in [-0.3, -0.25) is 4.98 Å². The second-order valence-electron chi connectivity index (χ2n) is 4.75. The summed E-state index contributed by atoms with van der Waals surface area (Å²) in [5, 5.41) is 0.